The van der Waals surface area contributed by atoms with Crippen LogP contribution in [-0.4, -0.2) is 26.8 Å². The fourth-order valence-corrected chi connectivity index (χ4v) is 1.49. The Morgan fingerprint density at radius 1 is 1.60 bits per heavy atom. The van der Waals surface area contributed by atoms with Gasteiger partial charge < -0.3 is 4.79 Å². The van der Waals surface area contributed by atoms with E-state index >= 15 is 0 Å². The Hall–Kier alpha value is -2.04. The van der Waals surface area contributed by atoms with Crippen LogP contribution in [0.1, 0.15) is 17.4 Å². The molecule has 2 heterocycles. The number of hydrogen-bond acceptors (Lipinski definition) is 4. The van der Waals surface area contributed by atoms with Gasteiger partial charge in [0.25, 0.3) is 0 Å². The van der Waals surface area contributed by atoms with Crippen LogP contribution >= 0.6 is 0 Å². The first kappa shape index (κ1) is 9.51. The van der Waals surface area contributed by atoms with E-state index < -0.39 is 0 Å². The van der Waals surface area contributed by atoms with E-state index in [0.29, 0.717) is 11.2 Å². The zero-order valence-corrected chi connectivity index (χ0v) is 8.17. The van der Waals surface area contributed by atoms with Gasteiger partial charge in [0.15, 0.2) is 5.78 Å². The van der Waals surface area contributed by atoms with Crippen LogP contribution in [0.3, 0.4) is 0 Å². The molecular formula is C10H9N3O2. The molecule has 0 aliphatic rings. The number of carbonyl (C=O) groups is 2. The molecule has 0 N–H and O–H groups in total. The monoisotopic (exact) mass is 203 g/mol. The first-order valence-corrected chi connectivity index (χ1v) is 4.49. The largest absolute Gasteiger partial charge is 0.301 e. The fraction of sp³-hybridized carbons (Fsp3) is 0.200. The molecule has 15 heavy (non-hydrogen) atoms. The summed E-state index contributed by atoms with van der Waals surface area (Å²) in [6.07, 6.45) is 3.93. The summed E-state index contributed by atoms with van der Waals surface area (Å²) in [6.45, 7) is 1.59. The van der Waals surface area contributed by atoms with Crippen molar-refractivity contribution < 1.29 is 9.59 Å². The van der Waals surface area contributed by atoms with Crippen LogP contribution in [0.15, 0.2) is 18.5 Å². The third-order valence-electron chi connectivity index (χ3n) is 2.13. The van der Waals surface area contributed by atoms with Crippen molar-refractivity contribution in [3.05, 3.63) is 24.2 Å². The predicted octanol–water partition coefficient (Wildman–Crippen LogP) is 0.833. The number of nitrogens with zero attached hydrogens (tertiary/aromatic N) is 3. The normalized spacial score (nSPS) is 10.5. The summed E-state index contributed by atoms with van der Waals surface area (Å²) in [5.41, 5.74) is 1.09. The second-order valence-electron chi connectivity index (χ2n) is 3.15. The quantitative estimate of drug-likeness (QED) is 0.547. The smallest absolute Gasteiger partial charge is 0.180 e. The minimum Gasteiger partial charge on any atom is -0.301 e. The van der Waals surface area contributed by atoms with Crippen molar-refractivity contribution in [2.24, 2.45) is 0 Å². The fourth-order valence-electron chi connectivity index (χ4n) is 1.49. The summed E-state index contributed by atoms with van der Waals surface area (Å²) in [7, 11) is 0. The molecule has 2 aromatic rings. The summed E-state index contributed by atoms with van der Waals surface area (Å²) in [4.78, 5) is 25.7. The minimum atomic E-state index is -0.115. The molecule has 0 unspecified atom stereocenters. The van der Waals surface area contributed by atoms with Crippen molar-refractivity contribution in [1.82, 2.24) is 14.8 Å². The van der Waals surface area contributed by atoms with Crippen molar-refractivity contribution in [1.29, 1.82) is 0 Å². The Morgan fingerprint density at radius 3 is 3.07 bits per heavy atom. The number of rotatable bonds is 3. The van der Waals surface area contributed by atoms with Gasteiger partial charge in [0.2, 0.25) is 0 Å². The van der Waals surface area contributed by atoms with Gasteiger partial charge in [-0.3, -0.25) is 14.5 Å². The van der Waals surface area contributed by atoms with E-state index in [4.69, 9.17) is 0 Å². The lowest BCUT2D eigenvalue weighted by atomic mass is 10.2. The maximum atomic E-state index is 11.3. The van der Waals surface area contributed by atoms with Crippen LogP contribution in [0.5, 0.6) is 0 Å². The molecule has 2 rings (SSSR count). The van der Waals surface area contributed by atoms with Crippen molar-refractivity contribution >= 4 is 23.0 Å². The Kier molecular flexibility index (Phi) is 2.29. The first-order chi connectivity index (χ1) is 7.24. The second-order valence-corrected chi connectivity index (χ2v) is 3.15. The van der Waals surface area contributed by atoms with Gasteiger partial charge in [-0.15, -0.1) is 0 Å². The second kappa shape index (κ2) is 3.61. The highest BCUT2D eigenvalue weighted by Gasteiger charge is 2.13. The number of Topliss-reactive ketones (excluding diaryl/α,β-unsaturated/α-hetero) is 1. The van der Waals surface area contributed by atoms with Crippen molar-refractivity contribution in [2.75, 3.05) is 0 Å². The first-order valence-electron chi connectivity index (χ1n) is 4.49. The van der Waals surface area contributed by atoms with Crippen LogP contribution in [0.4, 0.5) is 0 Å². The molecule has 0 radical (unpaired) electrons. The van der Waals surface area contributed by atoms with Gasteiger partial charge in [0.1, 0.15) is 12.0 Å². The maximum absolute atomic E-state index is 11.3. The summed E-state index contributed by atoms with van der Waals surface area (Å²) in [6, 6.07) is 1.72. The van der Waals surface area contributed by atoms with Gasteiger partial charge in [-0.05, 0) is 6.07 Å². The highest BCUT2D eigenvalue weighted by Crippen LogP contribution is 2.17. The Bertz CT molecular complexity index is 530. The van der Waals surface area contributed by atoms with Gasteiger partial charge in [0, 0.05) is 18.5 Å². The topological polar surface area (TPSA) is 64.8 Å². The van der Waals surface area contributed by atoms with Gasteiger partial charge in [-0.2, -0.15) is 5.10 Å². The van der Waals surface area contributed by atoms with E-state index in [0.717, 1.165) is 11.7 Å². The SMILES string of the molecule is CC(=O)c1nn(CC=O)c2cnccc12. The molecule has 0 fully saturated rings. The van der Waals surface area contributed by atoms with Crippen molar-refractivity contribution in [3.63, 3.8) is 0 Å². The van der Waals surface area contributed by atoms with Crippen LogP contribution in [-0.2, 0) is 11.3 Å². The molecule has 0 atom stereocenters. The van der Waals surface area contributed by atoms with Gasteiger partial charge in [0.05, 0.1) is 18.3 Å². The Balaban J connectivity index is 2.72. The molecule has 0 spiro atoms. The van der Waals surface area contributed by atoms with E-state index in [9.17, 15) is 9.59 Å². The molecule has 0 saturated heterocycles. The molecule has 0 aliphatic carbocycles. The minimum absolute atomic E-state index is 0.115. The summed E-state index contributed by atoms with van der Waals surface area (Å²) in [5.74, 6) is -0.115. The number of aromatic nitrogens is 3. The lowest BCUT2D eigenvalue weighted by Gasteiger charge is -1.94. The standard InChI is InChI=1S/C10H9N3O2/c1-7(15)10-8-2-3-11-6-9(8)13(12-10)4-5-14/h2-3,5-6H,4H2,1H3. The molecule has 76 valence electrons. The number of pyridine rings is 1. The molecule has 0 bridgehead atoms. The molecule has 2 aromatic heterocycles. The van der Waals surface area contributed by atoms with Crippen molar-refractivity contribution in [2.45, 2.75) is 13.5 Å². The molecular weight excluding hydrogens is 194 g/mol. The lowest BCUT2D eigenvalue weighted by Crippen LogP contribution is -2.02. The maximum Gasteiger partial charge on any atom is 0.180 e. The third-order valence-corrected chi connectivity index (χ3v) is 2.13. The third kappa shape index (κ3) is 1.52. The van der Waals surface area contributed by atoms with Crippen LogP contribution in [0, 0.1) is 0 Å². The van der Waals surface area contributed by atoms with E-state index in [2.05, 4.69) is 10.1 Å². The lowest BCUT2D eigenvalue weighted by molar-refractivity contribution is -0.108. The zero-order chi connectivity index (χ0) is 10.8. The Labute approximate surface area is 85.7 Å². The molecule has 0 aromatic carbocycles. The number of carbonyl (C=O) groups excluding carboxylic acids is 2. The predicted molar refractivity (Wildman–Crippen MR) is 53.6 cm³/mol. The van der Waals surface area contributed by atoms with Gasteiger partial charge >= 0.3 is 0 Å². The van der Waals surface area contributed by atoms with Crippen molar-refractivity contribution in [3.8, 4) is 0 Å². The average molecular weight is 203 g/mol. The van der Waals surface area contributed by atoms with Crippen LogP contribution < -0.4 is 0 Å². The zero-order valence-electron chi connectivity index (χ0n) is 8.17. The molecule has 5 heteroatoms. The number of aldehydes is 1. The van der Waals surface area contributed by atoms with E-state index in [1.807, 2.05) is 0 Å². The number of fused-ring (bicyclic) bond motifs is 1. The highest BCUT2D eigenvalue weighted by molar-refractivity contribution is 6.04. The van der Waals surface area contributed by atoms with E-state index in [1.165, 1.54) is 11.6 Å². The van der Waals surface area contributed by atoms with E-state index in [-0.39, 0.29) is 12.3 Å². The summed E-state index contributed by atoms with van der Waals surface area (Å²) in [5, 5.41) is 4.81. The van der Waals surface area contributed by atoms with E-state index in [1.54, 1.807) is 18.5 Å². The number of ketones is 1. The Morgan fingerprint density at radius 2 is 2.40 bits per heavy atom. The van der Waals surface area contributed by atoms with Gasteiger partial charge in [-0.1, -0.05) is 0 Å². The molecule has 5 nitrogen and oxygen atoms in total. The average Bonchev–Trinajstić information content (AvgIpc) is 2.59. The molecule has 0 saturated carbocycles. The summed E-state index contributed by atoms with van der Waals surface area (Å²) >= 11 is 0. The van der Waals surface area contributed by atoms with Crippen LogP contribution in [0.2, 0.25) is 0 Å². The van der Waals surface area contributed by atoms with Gasteiger partial charge in [-0.25, -0.2) is 0 Å². The highest BCUT2D eigenvalue weighted by atomic mass is 16.1. The van der Waals surface area contributed by atoms with Crippen LogP contribution in [0.25, 0.3) is 10.9 Å². The summed E-state index contributed by atoms with van der Waals surface area (Å²) < 4.78 is 1.48. The molecule has 0 aliphatic heterocycles. The number of hydrogen-bond donors (Lipinski definition) is 0. The molecule has 0 amide bonds.